The third-order valence-electron chi connectivity index (χ3n) is 6.71. The first-order valence-corrected chi connectivity index (χ1v) is 13.6. The zero-order valence-electron chi connectivity index (χ0n) is 21.0. The van der Waals surface area contributed by atoms with Gasteiger partial charge in [-0.05, 0) is 79.6 Å². The molecule has 8 nitrogen and oxygen atoms in total. The van der Waals surface area contributed by atoms with Crippen LogP contribution in [0.25, 0.3) is 10.9 Å². The Hall–Kier alpha value is -4.18. The smallest absolute Gasteiger partial charge is 0.336 e. The van der Waals surface area contributed by atoms with E-state index < -0.39 is 16.0 Å². The molecular weight excluding hydrogens is 507 g/mol. The number of aromatic nitrogens is 1. The Morgan fingerprint density at radius 2 is 1.61 bits per heavy atom. The second-order valence-corrected chi connectivity index (χ2v) is 11.0. The first kappa shape index (κ1) is 25.5. The quantitative estimate of drug-likeness (QED) is 0.366. The van der Waals surface area contributed by atoms with Gasteiger partial charge in [-0.3, -0.25) is 4.72 Å². The molecule has 5 rings (SSSR count). The fourth-order valence-corrected chi connectivity index (χ4v) is 6.05. The predicted octanol–water partition coefficient (Wildman–Crippen LogP) is 4.82. The lowest BCUT2D eigenvalue weighted by molar-refractivity contribution is 0.0699. The van der Waals surface area contributed by atoms with Crippen LogP contribution in [0.3, 0.4) is 0 Å². The number of fused-ring (bicyclic) bond motifs is 1. The molecule has 2 N–H and O–H groups in total. The average molecular weight is 535 g/mol. The van der Waals surface area contributed by atoms with Gasteiger partial charge in [0.1, 0.15) is 11.6 Å². The van der Waals surface area contributed by atoms with Gasteiger partial charge in [-0.15, -0.1) is 0 Å². The van der Waals surface area contributed by atoms with Crippen molar-refractivity contribution in [2.24, 2.45) is 0 Å². The van der Waals surface area contributed by atoms with Crippen LogP contribution in [0.2, 0.25) is 0 Å². The molecule has 0 atom stereocenters. The zero-order valence-corrected chi connectivity index (χ0v) is 21.8. The lowest BCUT2D eigenvalue weighted by Crippen LogP contribution is -2.46. The molecule has 0 bridgehead atoms. The highest BCUT2D eigenvalue weighted by Gasteiger charge is 2.22. The molecule has 4 aromatic rings. The number of aromatic carboxylic acids is 1. The Morgan fingerprint density at radius 1 is 0.921 bits per heavy atom. The van der Waals surface area contributed by atoms with E-state index in [1.807, 2.05) is 17.9 Å². The molecular formula is C28H27FN4O4S. The topological polar surface area (TPSA) is 103 Å². The van der Waals surface area contributed by atoms with E-state index in [4.69, 9.17) is 4.98 Å². The van der Waals surface area contributed by atoms with Gasteiger partial charge in [0.25, 0.3) is 10.0 Å². The Labute approximate surface area is 220 Å². The van der Waals surface area contributed by atoms with Crippen molar-refractivity contribution in [3.63, 3.8) is 0 Å². The van der Waals surface area contributed by atoms with Crippen molar-refractivity contribution in [1.29, 1.82) is 0 Å². The Morgan fingerprint density at radius 3 is 2.29 bits per heavy atom. The van der Waals surface area contributed by atoms with Crippen molar-refractivity contribution in [2.75, 3.05) is 40.7 Å². The third kappa shape index (κ3) is 5.12. The normalized spacial score (nSPS) is 14.1. The van der Waals surface area contributed by atoms with E-state index in [2.05, 4.69) is 9.62 Å². The molecule has 0 unspecified atom stereocenters. The number of pyridine rings is 1. The average Bonchev–Trinajstić information content (AvgIpc) is 2.89. The van der Waals surface area contributed by atoms with Gasteiger partial charge in [0.05, 0.1) is 16.0 Å². The van der Waals surface area contributed by atoms with Crippen LogP contribution in [-0.4, -0.2) is 50.7 Å². The van der Waals surface area contributed by atoms with E-state index in [0.29, 0.717) is 48.5 Å². The number of piperazine rings is 1. The minimum absolute atomic E-state index is 0.0405. The van der Waals surface area contributed by atoms with Crippen molar-refractivity contribution in [1.82, 2.24) is 4.98 Å². The maximum Gasteiger partial charge on any atom is 0.336 e. The number of hydrogen-bond acceptors (Lipinski definition) is 6. The van der Waals surface area contributed by atoms with E-state index in [1.54, 1.807) is 43.3 Å². The maximum absolute atomic E-state index is 13.3. The summed E-state index contributed by atoms with van der Waals surface area (Å²) in [5.41, 5.74) is 3.11. The molecule has 0 aliphatic carbocycles. The second kappa shape index (κ2) is 9.94. The third-order valence-corrected chi connectivity index (χ3v) is 8.23. The van der Waals surface area contributed by atoms with Crippen LogP contribution in [0.15, 0.2) is 71.6 Å². The van der Waals surface area contributed by atoms with E-state index >= 15 is 0 Å². The van der Waals surface area contributed by atoms with Crippen LogP contribution in [0.1, 0.15) is 21.5 Å². The minimum atomic E-state index is -3.88. The molecule has 0 saturated carbocycles. The van der Waals surface area contributed by atoms with Gasteiger partial charge >= 0.3 is 5.97 Å². The second-order valence-electron chi connectivity index (χ2n) is 9.39. The number of carbonyl (C=O) groups is 1. The number of benzene rings is 3. The molecule has 1 aliphatic heterocycles. The number of aryl methyl sites for hydroxylation is 2. The highest BCUT2D eigenvalue weighted by molar-refractivity contribution is 7.92. The Balaban J connectivity index is 1.41. The lowest BCUT2D eigenvalue weighted by Gasteiger charge is -2.37. The molecule has 0 amide bonds. The lowest BCUT2D eigenvalue weighted by atomic mass is 10.1. The Kier molecular flexibility index (Phi) is 6.66. The zero-order chi connectivity index (χ0) is 27.0. The summed E-state index contributed by atoms with van der Waals surface area (Å²) in [6.07, 6.45) is 0. The number of rotatable bonds is 6. The number of sulfonamides is 1. The van der Waals surface area contributed by atoms with E-state index in [1.165, 1.54) is 24.3 Å². The van der Waals surface area contributed by atoms with Gasteiger partial charge in [0, 0.05) is 42.9 Å². The van der Waals surface area contributed by atoms with Crippen LogP contribution in [0.5, 0.6) is 0 Å². The monoisotopic (exact) mass is 534 g/mol. The van der Waals surface area contributed by atoms with Gasteiger partial charge in [-0.1, -0.05) is 12.1 Å². The summed E-state index contributed by atoms with van der Waals surface area (Å²) in [7, 11) is -3.88. The van der Waals surface area contributed by atoms with Crippen LogP contribution >= 0.6 is 0 Å². The molecule has 10 heteroatoms. The number of nitrogens with zero attached hydrogens (tertiary/aromatic N) is 3. The number of carboxylic acids is 1. The van der Waals surface area contributed by atoms with Crippen LogP contribution in [-0.2, 0) is 10.0 Å². The highest BCUT2D eigenvalue weighted by atomic mass is 32.2. The number of hydrogen-bond donors (Lipinski definition) is 2. The largest absolute Gasteiger partial charge is 0.478 e. The summed E-state index contributed by atoms with van der Waals surface area (Å²) < 4.78 is 42.0. The van der Waals surface area contributed by atoms with Crippen molar-refractivity contribution in [3.8, 4) is 0 Å². The van der Waals surface area contributed by atoms with E-state index in [9.17, 15) is 22.7 Å². The summed E-state index contributed by atoms with van der Waals surface area (Å²) in [6.45, 7) is 6.12. The van der Waals surface area contributed by atoms with E-state index in [-0.39, 0.29) is 22.0 Å². The van der Waals surface area contributed by atoms with Gasteiger partial charge < -0.3 is 14.9 Å². The number of carboxylic acid groups (broad SMARTS) is 1. The molecule has 0 radical (unpaired) electrons. The molecule has 2 heterocycles. The van der Waals surface area contributed by atoms with Crippen molar-refractivity contribution < 1.29 is 22.7 Å². The van der Waals surface area contributed by atoms with Gasteiger partial charge in [-0.2, -0.15) is 0 Å². The number of halogens is 1. The summed E-state index contributed by atoms with van der Waals surface area (Å²) in [5.74, 6) is -0.870. The van der Waals surface area contributed by atoms with Gasteiger partial charge in [-0.25, -0.2) is 22.6 Å². The molecule has 1 aliphatic rings. The standard InChI is InChI=1S/C28H27FN4O4S/c1-18-3-4-19(2)26(15-18)38(36,37)31-21-7-10-25-23(16-21)24(28(34)35)17-27(30-25)33-13-11-32(12-14-33)22-8-5-20(29)6-9-22/h3-10,15-17,31H,11-14H2,1-2H3,(H,34,35). The van der Waals surface area contributed by atoms with Gasteiger partial charge in [0.2, 0.25) is 0 Å². The van der Waals surface area contributed by atoms with Gasteiger partial charge in [0.15, 0.2) is 0 Å². The highest BCUT2D eigenvalue weighted by Crippen LogP contribution is 2.29. The molecule has 196 valence electrons. The molecule has 1 fully saturated rings. The summed E-state index contributed by atoms with van der Waals surface area (Å²) in [5, 5.41) is 10.3. The Bertz CT molecular complexity index is 1630. The predicted molar refractivity (Wildman–Crippen MR) is 146 cm³/mol. The fraction of sp³-hybridized carbons (Fsp3) is 0.214. The maximum atomic E-state index is 13.3. The van der Waals surface area contributed by atoms with Crippen LogP contribution in [0, 0.1) is 19.7 Å². The first-order valence-electron chi connectivity index (χ1n) is 12.1. The molecule has 3 aromatic carbocycles. The van der Waals surface area contributed by atoms with Crippen molar-refractivity contribution in [2.45, 2.75) is 18.7 Å². The minimum Gasteiger partial charge on any atom is -0.478 e. The number of nitrogens with one attached hydrogen (secondary N) is 1. The summed E-state index contributed by atoms with van der Waals surface area (Å²) >= 11 is 0. The fourth-order valence-electron chi connectivity index (χ4n) is 4.67. The molecule has 1 aromatic heterocycles. The van der Waals surface area contributed by atoms with Crippen molar-refractivity contribution in [3.05, 3.63) is 89.2 Å². The molecule has 0 spiro atoms. The van der Waals surface area contributed by atoms with Crippen LogP contribution < -0.4 is 14.5 Å². The van der Waals surface area contributed by atoms with Crippen LogP contribution in [0.4, 0.5) is 21.6 Å². The number of anilines is 3. The summed E-state index contributed by atoms with van der Waals surface area (Å²) in [4.78, 5) is 21.2. The molecule has 38 heavy (non-hydrogen) atoms. The van der Waals surface area contributed by atoms with Crippen molar-refractivity contribution >= 4 is 44.1 Å². The molecule has 1 saturated heterocycles. The summed E-state index contributed by atoms with van der Waals surface area (Å²) in [6, 6.07) is 17.8. The first-order chi connectivity index (χ1) is 18.1. The SMILES string of the molecule is Cc1ccc(C)c(S(=O)(=O)Nc2ccc3nc(N4CCN(c5ccc(F)cc5)CC4)cc(C(=O)O)c3c2)c1. The van der Waals surface area contributed by atoms with E-state index in [0.717, 1.165) is 11.3 Å².